The van der Waals surface area contributed by atoms with Crippen LogP contribution in [0.25, 0.3) is 0 Å². The topological polar surface area (TPSA) is 26.3 Å². The summed E-state index contributed by atoms with van der Waals surface area (Å²) >= 11 is 0. The van der Waals surface area contributed by atoms with Crippen molar-refractivity contribution in [1.82, 2.24) is 0 Å². The standard InChI is InChI=1S/C11H8F2O2/c12-8-4-7(5-9(13)6-8)11(14)10-2-1-3-15-10/h2,4-6H,1,3H2. The van der Waals surface area contributed by atoms with Crippen LogP contribution in [0.5, 0.6) is 0 Å². The van der Waals surface area contributed by atoms with Gasteiger partial charge in [0, 0.05) is 18.1 Å². The van der Waals surface area contributed by atoms with Crippen molar-refractivity contribution < 1.29 is 18.3 Å². The molecule has 1 aromatic rings. The first-order valence-corrected chi connectivity index (χ1v) is 4.50. The summed E-state index contributed by atoms with van der Waals surface area (Å²) in [6.45, 7) is 0.443. The predicted molar refractivity (Wildman–Crippen MR) is 49.3 cm³/mol. The molecule has 0 saturated carbocycles. The van der Waals surface area contributed by atoms with Crippen LogP contribution in [0, 0.1) is 11.6 Å². The quantitative estimate of drug-likeness (QED) is 0.701. The van der Waals surface area contributed by atoms with E-state index in [1.54, 1.807) is 6.08 Å². The van der Waals surface area contributed by atoms with Crippen molar-refractivity contribution in [3.8, 4) is 0 Å². The number of carbonyl (C=O) groups is 1. The summed E-state index contributed by atoms with van der Waals surface area (Å²) in [6, 6.07) is 2.71. The van der Waals surface area contributed by atoms with Crippen LogP contribution in [0.3, 0.4) is 0 Å². The third-order valence-electron chi connectivity index (χ3n) is 2.05. The molecular formula is C11H8F2O2. The fourth-order valence-corrected chi connectivity index (χ4v) is 1.40. The van der Waals surface area contributed by atoms with Gasteiger partial charge in [-0.05, 0) is 18.2 Å². The maximum absolute atomic E-state index is 12.8. The van der Waals surface area contributed by atoms with E-state index in [-0.39, 0.29) is 11.3 Å². The molecule has 1 aromatic carbocycles. The van der Waals surface area contributed by atoms with Gasteiger partial charge in [-0.15, -0.1) is 0 Å². The van der Waals surface area contributed by atoms with Crippen molar-refractivity contribution >= 4 is 5.78 Å². The molecule has 0 atom stereocenters. The van der Waals surface area contributed by atoms with Gasteiger partial charge >= 0.3 is 0 Å². The third kappa shape index (κ3) is 2.03. The Morgan fingerprint density at radius 3 is 2.40 bits per heavy atom. The molecule has 0 fully saturated rings. The summed E-state index contributed by atoms with van der Waals surface area (Å²) in [5.74, 6) is -1.85. The van der Waals surface area contributed by atoms with Gasteiger partial charge in [0.25, 0.3) is 0 Å². The first-order chi connectivity index (χ1) is 7.16. The Labute approximate surface area is 85.2 Å². The van der Waals surface area contributed by atoms with Gasteiger partial charge in [-0.3, -0.25) is 4.79 Å². The van der Waals surface area contributed by atoms with Gasteiger partial charge < -0.3 is 4.74 Å². The molecule has 0 aromatic heterocycles. The lowest BCUT2D eigenvalue weighted by Gasteiger charge is -2.03. The Bertz CT molecular complexity index is 418. The number of allylic oxidation sites excluding steroid dienone is 1. The fourth-order valence-electron chi connectivity index (χ4n) is 1.40. The molecule has 1 aliphatic heterocycles. The minimum Gasteiger partial charge on any atom is -0.489 e. The Kier molecular flexibility index (Phi) is 2.49. The Morgan fingerprint density at radius 2 is 1.87 bits per heavy atom. The highest BCUT2D eigenvalue weighted by Gasteiger charge is 2.18. The average molecular weight is 210 g/mol. The molecule has 2 nitrogen and oxygen atoms in total. The number of Topliss-reactive ketones (excluding diaryl/α,β-unsaturated/α-hetero) is 1. The van der Waals surface area contributed by atoms with E-state index in [2.05, 4.69) is 0 Å². The molecule has 0 saturated heterocycles. The number of rotatable bonds is 2. The first kappa shape index (κ1) is 9.83. The Hall–Kier alpha value is -1.71. The van der Waals surface area contributed by atoms with E-state index in [9.17, 15) is 13.6 Å². The minimum atomic E-state index is -0.767. The summed E-state index contributed by atoms with van der Waals surface area (Å²) in [5.41, 5.74) is -0.0272. The van der Waals surface area contributed by atoms with E-state index in [0.717, 1.165) is 18.2 Å². The van der Waals surface area contributed by atoms with Gasteiger partial charge in [0.15, 0.2) is 5.76 Å². The molecule has 1 heterocycles. The molecule has 0 radical (unpaired) electrons. The Morgan fingerprint density at radius 1 is 1.20 bits per heavy atom. The van der Waals surface area contributed by atoms with Crippen LogP contribution in [0.4, 0.5) is 8.78 Å². The lowest BCUT2D eigenvalue weighted by molar-refractivity contribution is 0.0941. The molecule has 0 N–H and O–H groups in total. The zero-order valence-corrected chi connectivity index (χ0v) is 7.80. The highest BCUT2D eigenvalue weighted by Crippen LogP contribution is 2.17. The van der Waals surface area contributed by atoms with E-state index in [1.807, 2.05) is 0 Å². The van der Waals surface area contributed by atoms with Crippen LogP contribution < -0.4 is 0 Å². The molecule has 0 aliphatic carbocycles. The van der Waals surface area contributed by atoms with Crippen LogP contribution in [0.1, 0.15) is 16.8 Å². The van der Waals surface area contributed by atoms with Gasteiger partial charge in [-0.2, -0.15) is 0 Å². The van der Waals surface area contributed by atoms with Gasteiger partial charge in [-0.1, -0.05) is 0 Å². The average Bonchev–Trinajstić information content (AvgIpc) is 2.67. The maximum atomic E-state index is 12.8. The summed E-state index contributed by atoms with van der Waals surface area (Å²) in [4.78, 5) is 11.6. The molecule has 78 valence electrons. The van der Waals surface area contributed by atoms with Gasteiger partial charge in [0.1, 0.15) is 11.6 Å². The zero-order valence-electron chi connectivity index (χ0n) is 7.80. The molecule has 15 heavy (non-hydrogen) atoms. The van der Waals surface area contributed by atoms with Crippen molar-refractivity contribution in [1.29, 1.82) is 0 Å². The highest BCUT2D eigenvalue weighted by molar-refractivity contribution is 6.07. The largest absolute Gasteiger partial charge is 0.489 e. The number of ether oxygens (including phenoxy) is 1. The van der Waals surface area contributed by atoms with E-state index in [1.165, 1.54) is 0 Å². The summed E-state index contributed by atoms with van der Waals surface area (Å²) in [6.07, 6.45) is 2.27. The SMILES string of the molecule is O=C(C1=CCCO1)c1cc(F)cc(F)c1. The molecule has 4 heteroatoms. The molecule has 2 rings (SSSR count). The number of hydrogen-bond donors (Lipinski definition) is 0. The van der Waals surface area contributed by atoms with Gasteiger partial charge in [-0.25, -0.2) is 8.78 Å². The van der Waals surface area contributed by atoms with Crippen LogP contribution in [0.2, 0.25) is 0 Å². The van der Waals surface area contributed by atoms with Crippen molar-refractivity contribution in [3.63, 3.8) is 0 Å². The minimum absolute atomic E-state index is 0.0272. The summed E-state index contributed by atoms with van der Waals surface area (Å²) in [7, 11) is 0. The van der Waals surface area contributed by atoms with E-state index < -0.39 is 17.4 Å². The summed E-state index contributed by atoms with van der Waals surface area (Å²) in [5, 5.41) is 0. The van der Waals surface area contributed by atoms with Crippen LogP contribution in [-0.2, 0) is 4.74 Å². The Balaban J connectivity index is 2.32. The maximum Gasteiger partial charge on any atom is 0.227 e. The fraction of sp³-hybridized carbons (Fsp3) is 0.182. The van der Waals surface area contributed by atoms with Crippen molar-refractivity contribution in [2.75, 3.05) is 6.61 Å². The van der Waals surface area contributed by atoms with E-state index >= 15 is 0 Å². The molecule has 0 spiro atoms. The van der Waals surface area contributed by atoms with Crippen molar-refractivity contribution in [2.24, 2.45) is 0 Å². The van der Waals surface area contributed by atoms with Crippen LogP contribution in [0.15, 0.2) is 30.0 Å². The molecule has 0 bridgehead atoms. The second-order valence-corrected chi connectivity index (χ2v) is 3.19. The highest BCUT2D eigenvalue weighted by atomic mass is 19.1. The smallest absolute Gasteiger partial charge is 0.227 e. The van der Waals surface area contributed by atoms with E-state index in [0.29, 0.717) is 13.0 Å². The third-order valence-corrected chi connectivity index (χ3v) is 2.05. The molecule has 1 aliphatic rings. The first-order valence-electron chi connectivity index (χ1n) is 4.50. The molecular weight excluding hydrogens is 202 g/mol. The lowest BCUT2D eigenvalue weighted by atomic mass is 10.1. The van der Waals surface area contributed by atoms with Gasteiger partial charge in [0.2, 0.25) is 5.78 Å². The predicted octanol–water partition coefficient (Wildman–Crippen LogP) is 2.45. The summed E-state index contributed by atoms with van der Waals surface area (Å²) < 4.78 is 30.7. The second-order valence-electron chi connectivity index (χ2n) is 3.19. The number of benzene rings is 1. The lowest BCUT2D eigenvalue weighted by Crippen LogP contribution is -2.05. The van der Waals surface area contributed by atoms with Crippen molar-refractivity contribution in [2.45, 2.75) is 6.42 Å². The zero-order chi connectivity index (χ0) is 10.8. The van der Waals surface area contributed by atoms with Crippen molar-refractivity contribution in [3.05, 3.63) is 47.2 Å². The molecule has 0 unspecified atom stereocenters. The second kappa shape index (κ2) is 3.81. The normalized spacial score (nSPS) is 14.7. The van der Waals surface area contributed by atoms with E-state index in [4.69, 9.17) is 4.74 Å². The van der Waals surface area contributed by atoms with Gasteiger partial charge in [0.05, 0.1) is 6.61 Å². The van der Waals surface area contributed by atoms with Crippen LogP contribution >= 0.6 is 0 Å². The number of halogens is 2. The number of ketones is 1. The number of hydrogen-bond acceptors (Lipinski definition) is 2. The monoisotopic (exact) mass is 210 g/mol. The molecule has 0 amide bonds. The van der Waals surface area contributed by atoms with Crippen LogP contribution in [-0.4, -0.2) is 12.4 Å². The number of carbonyl (C=O) groups excluding carboxylic acids is 1.